The number of piperidine rings is 1. The third kappa shape index (κ3) is 5.93. The first-order valence-corrected chi connectivity index (χ1v) is 13.2. The van der Waals surface area contributed by atoms with Gasteiger partial charge in [0.15, 0.2) is 0 Å². The predicted octanol–water partition coefficient (Wildman–Crippen LogP) is 6.65. The lowest BCUT2D eigenvalue weighted by atomic mass is 9.85. The molecule has 4 heteroatoms. The van der Waals surface area contributed by atoms with E-state index in [9.17, 15) is 0 Å². The highest BCUT2D eigenvalue weighted by Crippen LogP contribution is 2.36. The van der Waals surface area contributed by atoms with E-state index >= 15 is 0 Å². The largest absolute Gasteiger partial charge is 0.497 e. The second-order valence-corrected chi connectivity index (χ2v) is 9.83. The van der Waals surface area contributed by atoms with Crippen LogP contribution in [0.2, 0.25) is 0 Å². The number of methoxy groups -OCH3 is 2. The van der Waals surface area contributed by atoms with Crippen molar-refractivity contribution in [3.05, 3.63) is 88.5 Å². The quantitative estimate of drug-likeness (QED) is 0.341. The lowest BCUT2D eigenvalue weighted by Crippen LogP contribution is -2.33. The molecule has 0 unspecified atom stereocenters. The molecule has 2 aliphatic rings. The van der Waals surface area contributed by atoms with Crippen molar-refractivity contribution in [2.45, 2.75) is 38.5 Å². The van der Waals surface area contributed by atoms with Crippen LogP contribution in [0.15, 0.2) is 60.7 Å². The summed E-state index contributed by atoms with van der Waals surface area (Å²) < 4.78 is 17.0. The molecule has 1 saturated heterocycles. The Bertz CT molecular complexity index is 1190. The molecule has 0 amide bonds. The maximum Gasteiger partial charge on any atom is 0.119 e. The van der Waals surface area contributed by atoms with Crippen LogP contribution in [0, 0.1) is 0 Å². The Kier molecular flexibility index (Phi) is 7.92. The molecule has 1 aliphatic heterocycles. The molecule has 188 valence electrons. The molecular weight excluding hydrogens is 446 g/mol. The van der Waals surface area contributed by atoms with Crippen molar-refractivity contribution < 1.29 is 14.2 Å². The van der Waals surface area contributed by atoms with Gasteiger partial charge in [0.1, 0.15) is 23.9 Å². The van der Waals surface area contributed by atoms with E-state index in [1.54, 1.807) is 14.2 Å². The Balaban J connectivity index is 1.29. The molecule has 1 heterocycles. The molecule has 3 aromatic rings. The van der Waals surface area contributed by atoms with E-state index in [1.807, 2.05) is 6.07 Å². The van der Waals surface area contributed by atoms with Crippen molar-refractivity contribution in [3.8, 4) is 17.2 Å². The van der Waals surface area contributed by atoms with Crippen LogP contribution < -0.4 is 14.2 Å². The third-order valence-corrected chi connectivity index (χ3v) is 7.45. The molecule has 3 aromatic carbocycles. The molecule has 0 aromatic heterocycles. The molecule has 1 fully saturated rings. The Morgan fingerprint density at radius 2 is 1.47 bits per heavy atom. The first-order chi connectivity index (χ1) is 17.7. The molecule has 0 saturated carbocycles. The summed E-state index contributed by atoms with van der Waals surface area (Å²) in [5, 5.41) is 0. The minimum Gasteiger partial charge on any atom is -0.497 e. The minimum absolute atomic E-state index is 0.753. The maximum absolute atomic E-state index is 6.04. The summed E-state index contributed by atoms with van der Waals surface area (Å²) in [6.07, 6.45) is 9.23. The fraction of sp³-hybridized carbons (Fsp3) is 0.375. The van der Waals surface area contributed by atoms with E-state index in [4.69, 9.17) is 14.2 Å². The van der Waals surface area contributed by atoms with Gasteiger partial charge in [-0.3, -0.25) is 4.90 Å². The second kappa shape index (κ2) is 11.7. The molecule has 4 nitrogen and oxygen atoms in total. The molecule has 0 bridgehead atoms. The zero-order chi connectivity index (χ0) is 24.7. The topological polar surface area (TPSA) is 30.9 Å². The number of likely N-dealkylation sites (tertiary alicyclic amines) is 1. The van der Waals surface area contributed by atoms with Crippen LogP contribution in [0.3, 0.4) is 0 Å². The van der Waals surface area contributed by atoms with Crippen molar-refractivity contribution >= 4 is 11.6 Å². The highest BCUT2D eigenvalue weighted by atomic mass is 16.5. The van der Waals surface area contributed by atoms with E-state index in [2.05, 4.69) is 65.6 Å². The van der Waals surface area contributed by atoms with E-state index in [-0.39, 0.29) is 0 Å². The summed E-state index contributed by atoms with van der Waals surface area (Å²) in [6, 6.07) is 21.4. The average Bonchev–Trinajstić information content (AvgIpc) is 2.94. The van der Waals surface area contributed by atoms with Gasteiger partial charge in [0.25, 0.3) is 0 Å². The first kappa shape index (κ1) is 24.5. The maximum atomic E-state index is 6.04. The van der Waals surface area contributed by atoms with Gasteiger partial charge in [-0.25, -0.2) is 0 Å². The number of nitrogens with zero attached hydrogens (tertiary/aromatic N) is 1. The Morgan fingerprint density at radius 1 is 0.750 bits per heavy atom. The monoisotopic (exact) mass is 483 g/mol. The van der Waals surface area contributed by atoms with Crippen LogP contribution in [-0.2, 0) is 12.8 Å². The fourth-order valence-electron chi connectivity index (χ4n) is 5.34. The molecule has 1 aliphatic carbocycles. The smallest absolute Gasteiger partial charge is 0.119 e. The Morgan fingerprint density at radius 3 is 2.25 bits per heavy atom. The molecule has 0 spiro atoms. The number of hydrogen-bond donors (Lipinski definition) is 0. The zero-order valence-electron chi connectivity index (χ0n) is 21.6. The van der Waals surface area contributed by atoms with Gasteiger partial charge in [-0.05, 0) is 115 Å². The Hall–Kier alpha value is -3.24. The van der Waals surface area contributed by atoms with Gasteiger partial charge in [0.2, 0.25) is 0 Å². The summed E-state index contributed by atoms with van der Waals surface area (Å²) in [5.74, 6) is 2.77. The number of rotatable bonds is 9. The van der Waals surface area contributed by atoms with Gasteiger partial charge in [0, 0.05) is 6.54 Å². The number of aryl methyl sites for hydroxylation is 1. The Labute approximate surface area is 215 Å². The molecular formula is C32H37NO3. The van der Waals surface area contributed by atoms with Crippen molar-refractivity contribution in [3.63, 3.8) is 0 Å². The van der Waals surface area contributed by atoms with Gasteiger partial charge >= 0.3 is 0 Å². The zero-order valence-corrected chi connectivity index (χ0v) is 21.6. The third-order valence-electron chi connectivity index (χ3n) is 7.45. The summed E-state index contributed by atoms with van der Waals surface area (Å²) >= 11 is 0. The summed E-state index contributed by atoms with van der Waals surface area (Å²) in [6.45, 7) is 4.19. The molecule has 36 heavy (non-hydrogen) atoms. The SMILES string of the molecule is COc1ccc2c(c1)CCC(c1cc(OC)ccc1Cc1ccc(OCCN3CCCCC3)cc1)=C2. The lowest BCUT2D eigenvalue weighted by Gasteiger charge is -2.26. The average molecular weight is 484 g/mol. The molecule has 5 rings (SSSR count). The highest BCUT2D eigenvalue weighted by Gasteiger charge is 2.17. The van der Waals surface area contributed by atoms with E-state index in [0.29, 0.717) is 0 Å². The van der Waals surface area contributed by atoms with Crippen molar-refractivity contribution in [2.24, 2.45) is 0 Å². The van der Waals surface area contributed by atoms with Gasteiger partial charge in [0.05, 0.1) is 14.2 Å². The predicted molar refractivity (Wildman–Crippen MR) is 147 cm³/mol. The fourth-order valence-corrected chi connectivity index (χ4v) is 5.34. The number of fused-ring (bicyclic) bond motifs is 1. The van der Waals surface area contributed by atoms with Crippen LogP contribution in [0.4, 0.5) is 0 Å². The van der Waals surface area contributed by atoms with E-state index in [1.165, 1.54) is 65.7 Å². The summed E-state index contributed by atoms with van der Waals surface area (Å²) in [7, 11) is 3.46. The van der Waals surface area contributed by atoms with E-state index in [0.717, 1.165) is 49.7 Å². The number of hydrogen-bond acceptors (Lipinski definition) is 4. The lowest BCUT2D eigenvalue weighted by molar-refractivity contribution is 0.183. The van der Waals surface area contributed by atoms with Crippen LogP contribution in [-0.4, -0.2) is 45.4 Å². The van der Waals surface area contributed by atoms with Gasteiger partial charge < -0.3 is 14.2 Å². The van der Waals surface area contributed by atoms with Crippen LogP contribution in [0.5, 0.6) is 17.2 Å². The number of allylic oxidation sites excluding steroid dienone is 1. The van der Waals surface area contributed by atoms with Crippen LogP contribution in [0.25, 0.3) is 11.6 Å². The van der Waals surface area contributed by atoms with Crippen molar-refractivity contribution in [1.82, 2.24) is 4.90 Å². The van der Waals surface area contributed by atoms with Crippen molar-refractivity contribution in [2.75, 3.05) is 40.5 Å². The molecule has 0 atom stereocenters. The highest BCUT2D eigenvalue weighted by molar-refractivity contribution is 5.86. The van der Waals surface area contributed by atoms with Crippen LogP contribution >= 0.6 is 0 Å². The summed E-state index contributed by atoms with van der Waals surface area (Å²) in [5.41, 5.74) is 7.86. The standard InChI is InChI=1S/C32H37NO3/c1-34-30-14-10-25-21-28(9-8-26(25)22-30)32-23-31(35-2)15-11-27(32)20-24-6-12-29(13-7-24)36-19-18-33-16-4-3-5-17-33/h6-7,10-15,21-23H,3-5,8-9,16-20H2,1-2H3. The van der Waals surface area contributed by atoms with Gasteiger partial charge in [-0.1, -0.05) is 36.8 Å². The van der Waals surface area contributed by atoms with Crippen molar-refractivity contribution in [1.29, 1.82) is 0 Å². The molecule has 0 N–H and O–H groups in total. The second-order valence-electron chi connectivity index (χ2n) is 9.83. The first-order valence-electron chi connectivity index (χ1n) is 13.2. The number of benzene rings is 3. The van der Waals surface area contributed by atoms with E-state index < -0.39 is 0 Å². The van der Waals surface area contributed by atoms with Gasteiger partial charge in [-0.15, -0.1) is 0 Å². The summed E-state index contributed by atoms with van der Waals surface area (Å²) in [4.78, 5) is 2.51. The van der Waals surface area contributed by atoms with Gasteiger partial charge in [-0.2, -0.15) is 0 Å². The number of ether oxygens (including phenoxy) is 3. The van der Waals surface area contributed by atoms with Crippen LogP contribution in [0.1, 0.15) is 53.5 Å². The molecule has 0 radical (unpaired) electrons. The minimum atomic E-state index is 0.753. The normalized spacial score (nSPS) is 15.7.